The summed E-state index contributed by atoms with van der Waals surface area (Å²) in [5.74, 6) is 1.71. The molecule has 1 heterocycles. The minimum atomic E-state index is -0.309. The smallest absolute Gasteiger partial charge is 0.271 e. The van der Waals surface area contributed by atoms with Crippen LogP contribution in [0.15, 0.2) is 39.9 Å². The van der Waals surface area contributed by atoms with E-state index in [0.29, 0.717) is 17.1 Å². The summed E-state index contributed by atoms with van der Waals surface area (Å²) in [7, 11) is 1.57. The van der Waals surface area contributed by atoms with Gasteiger partial charge in [0.25, 0.3) is 5.91 Å². The molecule has 0 fully saturated rings. The Balaban J connectivity index is 2.00. The number of hydrogen-bond acceptors (Lipinski definition) is 5. The van der Waals surface area contributed by atoms with Crippen LogP contribution in [-0.2, 0) is 0 Å². The molecule has 1 amide bonds. The van der Waals surface area contributed by atoms with Gasteiger partial charge in [0.15, 0.2) is 5.88 Å². The van der Waals surface area contributed by atoms with Crippen molar-refractivity contribution in [3.8, 4) is 5.75 Å². The van der Waals surface area contributed by atoms with Crippen LogP contribution in [-0.4, -0.2) is 32.3 Å². The molecule has 0 bridgehead atoms. The number of hydrogen-bond donors (Lipinski definition) is 1. The topological polar surface area (TPSA) is 67.1 Å². The Morgan fingerprint density at radius 2 is 2.08 bits per heavy atom. The van der Waals surface area contributed by atoms with Gasteiger partial charge in [-0.05, 0) is 60.7 Å². The lowest BCUT2D eigenvalue weighted by atomic mass is 10.2. The van der Waals surface area contributed by atoms with E-state index < -0.39 is 0 Å². The summed E-state index contributed by atoms with van der Waals surface area (Å²) in [6.45, 7) is 5.86. The Labute approximate surface area is 155 Å². The van der Waals surface area contributed by atoms with Gasteiger partial charge in [-0.3, -0.25) is 4.79 Å². The zero-order valence-electron chi connectivity index (χ0n) is 13.9. The van der Waals surface area contributed by atoms with Crippen LogP contribution < -0.4 is 15.1 Å². The first-order chi connectivity index (χ1) is 11.6. The van der Waals surface area contributed by atoms with Gasteiger partial charge in [-0.1, -0.05) is 0 Å². The molecule has 128 valence electrons. The SMILES string of the molecule is CCN(CC)c1ccc(/C=N/NC(=O)c2ccc(I)c(OC)c2)o1. The molecule has 1 aromatic heterocycles. The van der Waals surface area contributed by atoms with Gasteiger partial charge in [0.05, 0.1) is 16.9 Å². The van der Waals surface area contributed by atoms with E-state index in [9.17, 15) is 4.79 Å². The number of ether oxygens (including phenoxy) is 1. The fourth-order valence-corrected chi connectivity index (χ4v) is 2.69. The molecule has 0 aliphatic heterocycles. The van der Waals surface area contributed by atoms with Crippen LogP contribution in [0.1, 0.15) is 30.0 Å². The minimum Gasteiger partial charge on any atom is -0.496 e. The number of carbonyl (C=O) groups excluding carboxylic acids is 1. The van der Waals surface area contributed by atoms with Gasteiger partial charge in [-0.25, -0.2) is 5.43 Å². The number of methoxy groups -OCH3 is 1. The predicted molar refractivity (Wildman–Crippen MR) is 103 cm³/mol. The molecule has 1 aromatic carbocycles. The number of nitrogens with zero attached hydrogens (tertiary/aromatic N) is 2. The molecule has 7 heteroatoms. The molecule has 0 atom stereocenters. The summed E-state index contributed by atoms with van der Waals surface area (Å²) in [4.78, 5) is 14.2. The molecule has 0 spiro atoms. The van der Waals surface area contributed by atoms with Crippen LogP contribution in [0.2, 0.25) is 0 Å². The monoisotopic (exact) mass is 441 g/mol. The standard InChI is InChI=1S/C17H20IN3O3/c1-4-21(5-2)16-9-7-13(24-16)11-19-20-17(22)12-6-8-14(18)15(10-12)23-3/h6-11H,4-5H2,1-3H3,(H,20,22)/b19-11+. The van der Waals surface area contributed by atoms with Gasteiger partial charge in [0, 0.05) is 24.7 Å². The number of rotatable bonds is 7. The first kappa shape index (κ1) is 18.3. The first-order valence-electron chi connectivity index (χ1n) is 7.60. The van der Waals surface area contributed by atoms with Crippen molar-refractivity contribution in [2.45, 2.75) is 13.8 Å². The predicted octanol–water partition coefficient (Wildman–Crippen LogP) is 3.50. The van der Waals surface area contributed by atoms with Crippen LogP contribution in [0.4, 0.5) is 5.88 Å². The molecule has 2 rings (SSSR count). The van der Waals surface area contributed by atoms with Gasteiger partial charge in [-0.15, -0.1) is 0 Å². The Bertz CT molecular complexity index is 724. The quantitative estimate of drug-likeness (QED) is 0.406. The molecular weight excluding hydrogens is 421 g/mol. The first-order valence-corrected chi connectivity index (χ1v) is 8.68. The van der Waals surface area contributed by atoms with E-state index in [0.717, 1.165) is 22.5 Å². The molecular formula is C17H20IN3O3. The van der Waals surface area contributed by atoms with Gasteiger partial charge >= 0.3 is 0 Å². The Hall–Kier alpha value is -2.03. The zero-order valence-corrected chi connectivity index (χ0v) is 16.0. The van der Waals surface area contributed by atoms with Gasteiger partial charge in [0.2, 0.25) is 0 Å². The lowest BCUT2D eigenvalue weighted by Gasteiger charge is -2.16. The highest BCUT2D eigenvalue weighted by molar-refractivity contribution is 14.1. The third-order valence-electron chi connectivity index (χ3n) is 3.46. The highest BCUT2D eigenvalue weighted by atomic mass is 127. The molecule has 0 unspecified atom stereocenters. The maximum absolute atomic E-state index is 12.1. The zero-order chi connectivity index (χ0) is 17.5. The largest absolute Gasteiger partial charge is 0.496 e. The van der Waals surface area contributed by atoms with Crippen molar-refractivity contribution < 1.29 is 13.9 Å². The highest BCUT2D eigenvalue weighted by Crippen LogP contribution is 2.21. The van der Waals surface area contributed by atoms with Crippen molar-refractivity contribution in [1.82, 2.24) is 5.43 Å². The molecule has 6 nitrogen and oxygen atoms in total. The van der Waals surface area contributed by atoms with E-state index in [1.54, 1.807) is 19.2 Å². The third kappa shape index (κ3) is 4.50. The van der Waals surface area contributed by atoms with E-state index >= 15 is 0 Å². The van der Waals surface area contributed by atoms with Gasteiger partial charge < -0.3 is 14.1 Å². The van der Waals surface area contributed by atoms with Gasteiger partial charge in [-0.2, -0.15) is 5.10 Å². The Morgan fingerprint density at radius 1 is 1.33 bits per heavy atom. The molecule has 0 aliphatic carbocycles. The third-order valence-corrected chi connectivity index (χ3v) is 4.35. The summed E-state index contributed by atoms with van der Waals surface area (Å²) in [5.41, 5.74) is 2.96. The van der Waals surface area contributed by atoms with E-state index in [1.807, 2.05) is 18.2 Å². The summed E-state index contributed by atoms with van der Waals surface area (Å²) in [5, 5.41) is 3.94. The van der Waals surface area contributed by atoms with E-state index in [4.69, 9.17) is 9.15 Å². The Kier molecular flexibility index (Phi) is 6.65. The number of anilines is 1. The maximum Gasteiger partial charge on any atom is 0.271 e. The molecule has 2 aromatic rings. The van der Waals surface area contributed by atoms with Crippen LogP contribution in [0.3, 0.4) is 0 Å². The second-order valence-electron chi connectivity index (χ2n) is 4.90. The summed E-state index contributed by atoms with van der Waals surface area (Å²) in [6.07, 6.45) is 1.48. The minimum absolute atomic E-state index is 0.309. The van der Waals surface area contributed by atoms with E-state index in [-0.39, 0.29) is 5.91 Å². The molecule has 24 heavy (non-hydrogen) atoms. The molecule has 0 saturated carbocycles. The van der Waals surface area contributed by atoms with Crippen molar-refractivity contribution in [2.24, 2.45) is 5.10 Å². The summed E-state index contributed by atoms with van der Waals surface area (Å²) < 4.78 is 11.8. The lowest BCUT2D eigenvalue weighted by molar-refractivity contribution is 0.0954. The van der Waals surface area contributed by atoms with Crippen LogP contribution in [0, 0.1) is 3.57 Å². The normalized spacial score (nSPS) is 10.8. The highest BCUT2D eigenvalue weighted by Gasteiger charge is 2.09. The van der Waals surface area contributed by atoms with Crippen LogP contribution >= 0.6 is 22.6 Å². The molecule has 0 saturated heterocycles. The second-order valence-corrected chi connectivity index (χ2v) is 6.06. The van der Waals surface area contributed by atoms with Crippen molar-refractivity contribution in [2.75, 3.05) is 25.1 Å². The van der Waals surface area contributed by atoms with Crippen molar-refractivity contribution >= 4 is 40.6 Å². The fraction of sp³-hybridized carbons (Fsp3) is 0.294. The number of furan rings is 1. The van der Waals surface area contributed by atoms with Crippen LogP contribution in [0.25, 0.3) is 0 Å². The average molecular weight is 441 g/mol. The number of amides is 1. The average Bonchev–Trinajstić information content (AvgIpc) is 3.05. The van der Waals surface area contributed by atoms with Crippen LogP contribution in [0.5, 0.6) is 5.75 Å². The molecule has 0 aliphatic rings. The maximum atomic E-state index is 12.1. The molecule has 0 radical (unpaired) electrons. The lowest BCUT2D eigenvalue weighted by Crippen LogP contribution is -2.20. The van der Waals surface area contributed by atoms with E-state index in [1.165, 1.54) is 6.21 Å². The van der Waals surface area contributed by atoms with E-state index in [2.05, 4.69) is 51.9 Å². The summed E-state index contributed by atoms with van der Waals surface area (Å²) >= 11 is 2.15. The number of carbonyl (C=O) groups is 1. The van der Waals surface area contributed by atoms with Gasteiger partial charge in [0.1, 0.15) is 11.5 Å². The van der Waals surface area contributed by atoms with Crippen molar-refractivity contribution in [3.05, 3.63) is 45.2 Å². The number of hydrazone groups is 1. The van der Waals surface area contributed by atoms with Crippen molar-refractivity contribution in [3.63, 3.8) is 0 Å². The molecule has 1 N–H and O–H groups in total. The number of halogens is 1. The van der Waals surface area contributed by atoms with Crippen molar-refractivity contribution in [1.29, 1.82) is 0 Å². The fourth-order valence-electron chi connectivity index (χ4n) is 2.14. The summed E-state index contributed by atoms with van der Waals surface area (Å²) in [6, 6.07) is 8.93. The number of benzene rings is 1. The second kappa shape index (κ2) is 8.72. The Morgan fingerprint density at radius 3 is 2.75 bits per heavy atom. The number of nitrogens with one attached hydrogen (secondary N) is 1.